The van der Waals surface area contributed by atoms with E-state index in [1.807, 2.05) is 59.7 Å². The molecule has 0 aromatic carbocycles. The molecule has 7 heterocycles. The second-order valence-electron chi connectivity index (χ2n) is 10.4. The van der Waals surface area contributed by atoms with Crippen LogP contribution in [0.15, 0.2) is 126 Å². The zero-order valence-electron chi connectivity index (χ0n) is 24.2. The molecule has 6 aromatic rings. The fraction of sp³-hybridized carbons (Fsp3) is 0.125. The van der Waals surface area contributed by atoms with Crippen LogP contribution in [-0.2, 0) is 5.41 Å². The van der Waals surface area contributed by atoms with Gasteiger partial charge in [0.25, 0.3) is 0 Å². The Hall–Kier alpha value is -6.44. The van der Waals surface area contributed by atoms with Crippen LogP contribution in [0.25, 0.3) is 16.7 Å². The van der Waals surface area contributed by atoms with Crippen LogP contribution in [0.5, 0.6) is 0 Å². The SMILES string of the molecule is c1ccc(C2=C(N3CCN=N3)C(c3ccnnn3)(c3ccc[nH]3)C(c3ncccn3)C(c3cccnn3)=C2c2cnccn2)nc1. The first kappa shape index (κ1) is 27.1. The topological polar surface area (TPSA) is 173 Å². The van der Waals surface area contributed by atoms with E-state index in [1.165, 1.54) is 0 Å². The monoisotopic (exact) mass is 604 g/mol. The molecule has 0 bridgehead atoms. The van der Waals surface area contributed by atoms with Crippen LogP contribution in [0.4, 0.5) is 0 Å². The van der Waals surface area contributed by atoms with Gasteiger partial charge in [-0.1, -0.05) is 11.3 Å². The number of H-pyrrole nitrogens is 1. The lowest BCUT2D eigenvalue weighted by Crippen LogP contribution is -2.47. The van der Waals surface area contributed by atoms with Crippen molar-refractivity contribution in [3.63, 3.8) is 0 Å². The van der Waals surface area contributed by atoms with Crippen LogP contribution in [0.3, 0.4) is 0 Å². The van der Waals surface area contributed by atoms with E-state index in [2.05, 4.69) is 40.8 Å². The molecule has 222 valence electrons. The van der Waals surface area contributed by atoms with Gasteiger partial charge in [-0.15, -0.1) is 10.2 Å². The number of nitrogens with zero attached hydrogens (tertiary/aromatic N) is 13. The smallest absolute Gasteiger partial charge is 0.137 e. The molecular weight excluding hydrogens is 580 g/mol. The molecular formula is C32H24N14. The van der Waals surface area contributed by atoms with E-state index < -0.39 is 11.3 Å². The summed E-state index contributed by atoms with van der Waals surface area (Å²) in [6, 6.07) is 17.2. The van der Waals surface area contributed by atoms with Crippen molar-refractivity contribution in [1.82, 2.24) is 60.5 Å². The van der Waals surface area contributed by atoms with Gasteiger partial charge in [-0.3, -0.25) is 15.0 Å². The lowest BCUT2D eigenvalue weighted by atomic mass is 9.58. The molecule has 1 aliphatic heterocycles. The molecule has 0 amide bonds. The quantitative estimate of drug-likeness (QED) is 0.281. The molecule has 14 heteroatoms. The van der Waals surface area contributed by atoms with Gasteiger partial charge in [0.15, 0.2) is 0 Å². The molecule has 1 N–H and O–H groups in total. The van der Waals surface area contributed by atoms with Crippen LogP contribution in [0, 0.1) is 0 Å². The van der Waals surface area contributed by atoms with Gasteiger partial charge in [-0.2, -0.15) is 15.3 Å². The number of aromatic amines is 1. The summed E-state index contributed by atoms with van der Waals surface area (Å²) >= 11 is 0. The van der Waals surface area contributed by atoms with Crippen LogP contribution in [0.2, 0.25) is 0 Å². The largest absolute Gasteiger partial charge is 0.364 e. The molecule has 2 atom stereocenters. The van der Waals surface area contributed by atoms with Crippen LogP contribution in [-0.4, -0.2) is 73.6 Å². The number of rotatable bonds is 7. The lowest BCUT2D eigenvalue weighted by molar-refractivity contribution is 0.314. The summed E-state index contributed by atoms with van der Waals surface area (Å²) in [6.45, 7) is 0.999. The fourth-order valence-corrected chi connectivity index (χ4v) is 6.42. The molecule has 14 nitrogen and oxygen atoms in total. The van der Waals surface area contributed by atoms with Crippen molar-refractivity contribution in [2.75, 3.05) is 13.1 Å². The van der Waals surface area contributed by atoms with Gasteiger partial charge >= 0.3 is 0 Å². The fourth-order valence-electron chi connectivity index (χ4n) is 6.42. The number of allylic oxidation sites excluding steroid dienone is 4. The van der Waals surface area contributed by atoms with E-state index in [0.29, 0.717) is 41.7 Å². The molecule has 0 fully saturated rings. The summed E-state index contributed by atoms with van der Waals surface area (Å²) < 4.78 is 0. The van der Waals surface area contributed by atoms with Crippen molar-refractivity contribution in [3.05, 3.63) is 150 Å². The second kappa shape index (κ2) is 11.6. The zero-order chi connectivity index (χ0) is 30.8. The maximum Gasteiger partial charge on any atom is 0.137 e. The summed E-state index contributed by atoms with van der Waals surface area (Å²) in [6.07, 6.45) is 15.4. The summed E-state index contributed by atoms with van der Waals surface area (Å²) in [7, 11) is 0. The average molecular weight is 605 g/mol. The third kappa shape index (κ3) is 4.34. The van der Waals surface area contributed by atoms with Gasteiger partial charge in [0, 0.05) is 65.8 Å². The Morgan fingerprint density at radius 1 is 0.717 bits per heavy atom. The highest BCUT2D eigenvalue weighted by molar-refractivity contribution is 6.17. The molecule has 6 aromatic heterocycles. The number of hydrogen-bond donors (Lipinski definition) is 1. The van der Waals surface area contributed by atoms with Gasteiger partial charge in [-0.05, 0) is 53.7 Å². The minimum absolute atomic E-state index is 0.496. The maximum absolute atomic E-state index is 4.90. The van der Waals surface area contributed by atoms with Crippen LogP contribution < -0.4 is 0 Å². The number of aromatic nitrogens is 11. The van der Waals surface area contributed by atoms with Gasteiger partial charge in [0.2, 0.25) is 0 Å². The van der Waals surface area contributed by atoms with Gasteiger partial charge in [0.1, 0.15) is 11.2 Å². The van der Waals surface area contributed by atoms with E-state index in [-0.39, 0.29) is 0 Å². The van der Waals surface area contributed by atoms with Gasteiger partial charge in [-0.25, -0.2) is 15.0 Å². The molecule has 0 saturated carbocycles. The molecule has 0 spiro atoms. The van der Waals surface area contributed by atoms with E-state index in [4.69, 9.17) is 25.0 Å². The Morgan fingerprint density at radius 2 is 1.61 bits per heavy atom. The number of nitrogens with one attached hydrogen (secondary N) is 1. The Bertz CT molecular complexity index is 2040. The summed E-state index contributed by atoms with van der Waals surface area (Å²) in [4.78, 5) is 27.5. The first-order chi connectivity index (χ1) is 22.9. The molecule has 1 aliphatic carbocycles. The molecule has 2 unspecified atom stereocenters. The van der Waals surface area contributed by atoms with Crippen molar-refractivity contribution in [3.8, 4) is 0 Å². The zero-order valence-corrected chi connectivity index (χ0v) is 24.2. The lowest BCUT2D eigenvalue weighted by Gasteiger charge is -2.47. The van der Waals surface area contributed by atoms with Crippen molar-refractivity contribution in [2.24, 2.45) is 10.3 Å². The molecule has 46 heavy (non-hydrogen) atoms. The average Bonchev–Trinajstić information content (AvgIpc) is 3.88. The van der Waals surface area contributed by atoms with E-state index in [1.54, 1.807) is 55.6 Å². The van der Waals surface area contributed by atoms with Gasteiger partial charge in [0.05, 0.1) is 59.9 Å². The third-order valence-electron chi connectivity index (χ3n) is 8.06. The Labute approximate surface area is 262 Å². The minimum atomic E-state index is -1.20. The highest BCUT2D eigenvalue weighted by Gasteiger charge is 2.59. The molecule has 0 radical (unpaired) electrons. The Morgan fingerprint density at radius 3 is 2.30 bits per heavy atom. The van der Waals surface area contributed by atoms with Gasteiger partial charge < -0.3 is 4.98 Å². The van der Waals surface area contributed by atoms with E-state index in [0.717, 1.165) is 28.1 Å². The first-order valence-electron chi connectivity index (χ1n) is 14.5. The summed E-state index contributed by atoms with van der Waals surface area (Å²) in [5, 5.41) is 32.9. The van der Waals surface area contributed by atoms with E-state index in [9.17, 15) is 0 Å². The van der Waals surface area contributed by atoms with Crippen LogP contribution in [0.1, 0.15) is 40.2 Å². The Balaban J connectivity index is 1.66. The van der Waals surface area contributed by atoms with E-state index >= 15 is 0 Å². The highest BCUT2D eigenvalue weighted by Crippen LogP contribution is 2.62. The van der Waals surface area contributed by atoms with Crippen molar-refractivity contribution >= 4 is 16.7 Å². The predicted molar refractivity (Wildman–Crippen MR) is 165 cm³/mol. The normalized spacial score (nSPS) is 19.6. The second-order valence-corrected chi connectivity index (χ2v) is 10.4. The van der Waals surface area contributed by atoms with Crippen LogP contribution >= 0.6 is 0 Å². The minimum Gasteiger partial charge on any atom is -0.364 e. The number of hydrogen-bond acceptors (Lipinski definition) is 13. The molecule has 0 saturated heterocycles. The summed E-state index contributed by atoms with van der Waals surface area (Å²) in [5.41, 5.74) is 4.97. The highest BCUT2D eigenvalue weighted by atomic mass is 15.6. The predicted octanol–water partition coefficient (Wildman–Crippen LogP) is 3.75. The Kier molecular flexibility index (Phi) is 6.83. The van der Waals surface area contributed by atoms with Crippen molar-refractivity contribution in [2.45, 2.75) is 11.3 Å². The maximum atomic E-state index is 4.90. The molecule has 8 rings (SSSR count). The third-order valence-corrected chi connectivity index (χ3v) is 8.06. The molecule has 2 aliphatic rings. The van der Waals surface area contributed by atoms with Crippen molar-refractivity contribution in [1.29, 1.82) is 0 Å². The van der Waals surface area contributed by atoms with Crippen molar-refractivity contribution < 1.29 is 0 Å². The standard InChI is InChI=1S/C32H24N14/c1-2-10-34-21(6-1)28-26(23-20-33-16-17-35-23)27(22-7-3-14-39-42-22)29(31-37-12-5-13-38-31)32(24-8-4-11-36-24,25-9-15-40-44-43-25)30(28)46-19-18-41-45-46/h1-17,20,29,36H,18-19H2. The summed E-state index contributed by atoms with van der Waals surface area (Å²) in [5.74, 6) is -0.178. The number of pyridine rings is 1. The first-order valence-corrected chi connectivity index (χ1v) is 14.5.